The molecule has 0 fully saturated rings. The summed E-state index contributed by atoms with van der Waals surface area (Å²) in [6, 6.07) is 11.5. The number of nitrogens with zero attached hydrogens (tertiary/aromatic N) is 1. The predicted molar refractivity (Wildman–Crippen MR) is 110 cm³/mol. The first kappa shape index (κ1) is 21.5. The average Bonchev–Trinajstić information content (AvgIpc) is 2.67. The van der Waals surface area contributed by atoms with Crippen molar-refractivity contribution < 1.29 is 19.1 Å². The van der Waals surface area contributed by atoms with Crippen molar-refractivity contribution in [3.05, 3.63) is 47.5 Å². The van der Waals surface area contributed by atoms with E-state index in [1.165, 1.54) is 7.11 Å². The van der Waals surface area contributed by atoms with E-state index >= 15 is 0 Å². The molecule has 2 amide bonds. The third-order valence-electron chi connectivity index (χ3n) is 4.21. The lowest BCUT2D eigenvalue weighted by Crippen LogP contribution is -2.43. The van der Waals surface area contributed by atoms with Crippen molar-refractivity contribution in [3.8, 4) is 11.5 Å². The summed E-state index contributed by atoms with van der Waals surface area (Å²) in [5, 5.41) is 6.05. The van der Waals surface area contributed by atoms with E-state index in [0.717, 1.165) is 0 Å². The minimum Gasteiger partial charge on any atom is -0.497 e. The highest BCUT2D eigenvalue weighted by molar-refractivity contribution is 6.31. The van der Waals surface area contributed by atoms with Gasteiger partial charge in [-0.25, -0.2) is 0 Å². The quantitative estimate of drug-likeness (QED) is 0.704. The Morgan fingerprint density at radius 1 is 1.11 bits per heavy atom. The molecule has 0 aliphatic carbocycles. The Kier molecular flexibility index (Phi) is 7.66. The minimum atomic E-state index is -0.556. The lowest BCUT2D eigenvalue weighted by molar-refractivity contribution is -0.122. The summed E-state index contributed by atoms with van der Waals surface area (Å²) < 4.78 is 10.4. The van der Waals surface area contributed by atoms with Gasteiger partial charge in [0.25, 0.3) is 0 Å². The first-order valence-electron chi connectivity index (χ1n) is 8.62. The van der Waals surface area contributed by atoms with Crippen molar-refractivity contribution >= 4 is 34.8 Å². The van der Waals surface area contributed by atoms with E-state index < -0.39 is 6.04 Å². The lowest BCUT2D eigenvalue weighted by Gasteiger charge is -2.23. The number of ether oxygens (including phenoxy) is 2. The average molecular weight is 406 g/mol. The van der Waals surface area contributed by atoms with Gasteiger partial charge in [0.15, 0.2) is 0 Å². The van der Waals surface area contributed by atoms with Crippen LogP contribution in [0.3, 0.4) is 0 Å². The third kappa shape index (κ3) is 5.87. The number of benzene rings is 2. The van der Waals surface area contributed by atoms with E-state index in [9.17, 15) is 9.59 Å². The van der Waals surface area contributed by atoms with E-state index in [2.05, 4.69) is 10.6 Å². The zero-order valence-corrected chi connectivity index (χ0v) is 17.0. The maximum Gasteiger partial charge on any atom is 0.241 e. The molecule has 2 rings (SSSR count). The Balaban J connectivity index is 1.95. The van der Waals surface area contributed by atoms with Crippen LogP contribution < -0.4 is 20.1 Å². The van der Waals surface area contributed by atoms with Gasteiger partial charge in [-0.3, -0.25) is 14.5 Å². The summed E-state index contributed by atoms with van der Waals surface area (Å²) in [7, 11) is 4.77. The number of nitrogens with one attached hydrogen (secondary N) is 2. The molecule has 0 aromatic heterocycles. The molecule has 0 spiro atoms. The van der Waals surface area contributed by atoms with Crippen LogP contribution in [0.25, 0.3) is 0 Å². The fourth-order valence-corrected chi connectivity index (χ4v) is 2.65. The van der Waals surface area contributed by atoms with Gasteiger partial charge < -0.3 is 20.1 Å². The third-order valence-corrected chi connectivity index (χ3v) is 4.44. The maximum atomic E-state index is 12.6. The van der Waals surface area contributed by atoms with E-state index in [-0.39, 0.29) is 18.4 Å². The number of likely N-dealkylation sites (N-methyl/N-ethyl adjacent to an activating group) is 1. The van der Waals surface area contributed by atoms with Crippen molar-refractivity contribution in [1.29, 1.82) is 0 Å². The Morgan fingerprint density at radius 3 is 2.54 bits per heavy atom. The molecule has 2 N–H and O–H groups in total. The highest BCUT2D eigenvalue weighted by atomic mass is 35.5. The molecule has 0 aliphatic rings. The second kappa shape index (κ2) is 9.96. The molecular weight excluding hydrogens is 382 g/mol. The second-order valence-corrected chi connectivity index (χ2v) is 6.64. The summed E-state index contributed by atoms with van der Waals surface area (Å²) in [6.07, 6.45) is 0. The van der Waals surface area contributed by atoms with Crippen LogP contribution >= 0.6 is 11.6 Å². The fourth-order valence-electron chi connectivity index (χ4n) is 2.48. The number of methoxy groups -OCH3 is 2. The molecule has 0 aliphatic heterocycles. The highest BCUT2D eigenvalue weighted by Crippen LogP contribution is 2.27. The van der Waals surface area contributed by atoms with Crippen LogP contribution in [0.2, 0.25) is 5.02 Å². The summed E-state index contributed by atoms with van der Waals surface area (Å²) in [4.78, 5) is 26.5. The molecule has 0 saturated heterocycles. The largest absolute Gasteiger partial charge is 0.497 e. The molecule has 0 radical (unpaired) electrons. The molecule has 8 heteroatoms. The van der Waals surface area contributed by atoms with Gasteiger partial charge in [-0.1, -0.05) is 17.7 Å². The van der Waals surface area contributed by atoms with E-state index in [0.29, 0.717) is 27.9 Å². The zero-order valence-electron chi connectivity index (χ0n) is 16.3. The molecule has 2 aromatic carbocycles. The fraction of sp³-hybridized carbons (Fsp3) is 0.300. The monoisotopic (exact) mass is 405 g/mol. The first-order valence-corrected chi connectivity index (χ1v) is 9.00. The van der Waals surface area contributed by atoms with Crippen LogP contribution in [0, 0.1) is 0 Å². The van der Waals surface area contributed by atoms with E-state index in [1.807, 2.05) is 0 Å². The molecule has 150 valence electrons. The summed E-state index contributed by atoms with van der Waals surface area (Å²) in [5.74, 6) is 0.630. The molecule has 28 heavy (non-hydrogen) atoms. The summed E-state index contributed by atoms with van der Waals surface area (Å²) in [5.41, 5.74) is 1.10. The minimum absolute atomic E-state index is 0.0402. The van der Waals surface area contributed by atoms with Crippen LogP contribution in [0.4, 0.5) is 11.4 Å². The zero-order chi connectivity index (χ0) is 20.7. The molecular formula is C20H24ClN3O4. The van der Waals surface area contributed by atoms with Crippen molar-refractivity contribution in [2.75, 3.05) is 38.4 Å². The molecule has 0 saturated carbocycles. The molecule has 1 unspecified atom stereocenters. The van der Waals surface area contributed by atoms with Gasteiger partial charge in [0.1, 0.15) is 11.5 Å². The topological polar surface area (TPSA) is 79.9 Å². The number of carbonyl (C=O) groups excluding carboxylic acids is 2. The number of anilines is 2. The number of hydrogen-bond acceptors (Lipinski definition) is 5. The Hall–Kier alpha value is -2.77. The van der Waals surface area contributed by atoms with Gasteiger partial charge in [0, 0.05) is 16.8 Å². The highest BCUT2D eigenvalue weighted by Gasteiger charge is 2.21. The summed E-state index contributed by atoms with van der Waals surface area (Å²) in [6.45, 7) is 1.75. The Labute approximate surface area is 169 Å². The van der Waals surface area contributed by atoms with Gasteiger partial charge in [-0.2, -0.15) is 0 Å². The van der Waals surface area contributed by atoms with Crippen molar-refractivity contribution in [3.63, 3.8) is 0 Å². The lowest BCUT2D eigenvalue weighted by atomic mass is 10.2. The molecule has 2 aromatic rings. The smallest absolute Gasteiger partial charge is 0.241 e. The normalized spacial score (nSPS) is 11.6. The van der Waals surface area contributed by atoms with Gasteiger partial charge in [-0.15, -0.1) is 0 Å². The number of hydrogen-bond donors (Lipinski definition) is 2. The van der Waals surface area contributed by atoms with E-state index in [4.69, 9.17) is 21.1 Å². The molecule has 0 heterocycles. The van der Waals surface area contributed by atoms with Crippen LogP contribution in [0.1, 0.15) is 6.92 Å². The van der Waals surface area contributed by atoms with Crippen LogP contribution in [-0.4, -0.2) is 50.6 Å². The van der Waals surface area contributed by atoms with Gasteiger partial charge >= 0.3 is 0 Å². The summed E-state index contributed by atoms with van der Waals surface area (Å²) >= 11 is 5.99. The van der Waals surface area contributed by atoms with Gasteiger partial charge in [-0.05, 0) is 44.3 Å². The number of amides is 2. The van der Waals surface area contributed by atoms with Crippen LogP contribution in [0.15, 0.2) is 42.5 Å². The van der Waals surface area contributed by atoms with Crippen LogP contribution in [0.5, 0.6) is 11.5 Å². The van der Waals surface area contributed by atoms with Crippen LogP contribution in [-0.2, 0) is 9.59 Å². The molecule has 1 atom stereocenters. The standard InChI is InChI=1S/C20H24ClN3O4/c1-13(20(26)23-17-10-14(21)8-9-18(17)28-4)24(2)12-19(25)22-15-6-5-7-16(11-15)27-3/h5-11,13H,12H2,1-4H3,(H,22,25)(H,23,26). The van der Waals surface area contributed by atoms with Gasteiger partial charge in [0.05, 0.1) is 32.5 Å². The predicted octanol–water partition coefficient (Wildman–Crippen LogP) is 3.25. The van der Waals surface area contributed by atoms with Crippen molar-refractivity contribution in [2.24, 2.45) is 0 Å². The Morgan fingerprint density at radius 2 is 1.86 bits per heavy atom. The first-order chi connectivity index (χ1) is 13.3. The second-order valence-electron chi connectivity index (χ2n) is 6.21. The maximum absolute atomic E-state index is 12.6. The number of rotatable bonds is 8. The SMILES string of the molecule is COc1cccc(NC(=O)CN(C)C(C)C(=O)Nc2cc(Cl)ccc2OC)c1. The van der Waals surface area contributed by atoms with Gasteiger partial charge in [0.2, 0.25) is 11.8 Å². The van der Waals surface area contributed by atoms with E-state index in [1.54, 1.807) is 68.4 Å². The molecule has 7 nitrogen and oxygen atoms in total. The number of carbonyl (C=O) groups is 2. The van der Waals surface area contributed by atoms with Crippen molar-refractivity contribution in [1.82, 2.24) is 4.90 Å². The molecule has 0 bridgehead atoms. The van der Waals surface area contributed by atoms with Crippen molar-refractivity contribution in [2.45, 2.75) is 13.0 Å². The number of halogens is 1. The Bertz CT molecular complexity index is 844.